The predicted molar refractivity (Wildman–Crippen MR) is 167 cm³/mol. The van der Waals surface area contributed by atoms with E-state index in [2.05, 4.69) is 27.0 Å². The van der Waals surface area contributed by atoms with E-state index in [4.69, 9.17) is 18.6 Å². The van der Waals surface area contributed by atoms with Crippen LogP contribution in [0, 0.1) is 12.8 Å². The Balaban J connectivity index is 1.33. The number of benzene rings is 2. The lowest BCUT2D eigenvalue weighted by atomic mass is 9.72. The molecule has 2 amide bonds. The Morgan fingerprint density at radius 2 is 1.87 bits per heavy atom. The number of para-hydroxylation sites is 1. The minimum absolute atomic E-state index is 0.132. The Morgan fingerprint density at radius 3 is 2.63 bits per heavy atom. The number of carbonyl (C=O) groups excluding carboxylic acids is 2. The maximum Gasteiger partial charge on any atom is 0.252 e. The number of rotatable bonds is 4. The first-order valence-electron chi connectivity index (χ1n) is 16.1. The Kier molecular flexibility index (Phi) is 6.54. The molecule has 2 aromatic carbocycles. The first kappa shape index (κ1) is 28.8. The highest BCUT2D eigenvalue weighted by Crippen LogP contribution is 2.59. The van der Waals surface area contributed by atoms with Crippen LogP contribution in [-0.4, -0.2) is 44.8 Å². The molecule has 0 radical (unpaired) electrons. The summed E-state index contributed by atoms with van der Waals surface area (Å²) < 4.78 is 19.3. The van der Waals surface area contributed by atoms with Gasteiger partial charge in [-0.3, -0.25) is 9.59 Å². The molecule has 4 aliphatic rings. The summed E-state index contributed by atoms with van der Waals surface area (Å²) in [5, 5.41) is 20.8. The number of anilines is 1. The van der Waals surface area contributed by atoms with Gasteiger partial charge < -0.3 is 34.6 Å². The molecular formula is C35H37N5O6. The molecule has 1 spiro atoms. The van der Waals surface area contributed by atoms with Crippen LogP contribution in [0.1, 0.15) is 86.0 Å². The van der Waals surface area contributed by atoms with Crippen molar-refractivity contribution < 1.29 is 28.3 Å². The van der Waals surface area contributed by atoms with Crippen molar-refractivity contribution in [2.75, 3.05) is 5.32 Å². The number of hydrogen-bond acceptors (Lipinski definition) is 9. The molecule has 1 fully saturated rings. The highest BCUT2D eigenvalue weighted by molar-refractivity contribution is 5.92. The number of amides is 2. The number of ether oxygens (including phenoxy) is 1. The van der Waals surface area contributed by atoms with Crippen molar-refractivity contribution in [3.8, 4) is 17.3 Å². The number of aryl methyl sites for hydroxylation is 1. The first-order valence-corrected chi connectivity index (χ1v) is 16.1. The van der Waals surface area contributed by atoms with E-state index in [0.717, 1.165) is 41.6 Å². The van der Waals surface area contributed by atoms with Gasteiger partial charge in [0.1, 0.15) is 35.1 Å². The van der Waals surface area contributed by atoms with Crippen LogP contribution in [0.5, 0.6) is 5.75 Å². The number of nitrogens with one attached hydrogen (secondary N) is 3. The molecule has 4 aromatic rings. The van der Waals surface area contributed by atoms with Crippen molar-refractivity contribution >= 4 is 17.5 Å². The topological polar surface area (TPSA) is 152 Å². The Morgan fingerprint density at radius 1 is 1.07 bits per heavy atom. The predicted octanol–water partition coefficient (Wildman–Crippen LogP) is 4.67. The zero-order chi connectivity index (χ0) is 31.8. The van der Waals surface area contributed by atoms with E-state index < -0.39 is 41.1 Å². The van der Waals surface area contributed by atoms with Gasteiger partial charge in [0.15, 0.2) is 17.7 Å². The molecular weight excluding hydrogens is 586 g/mol. The number of carbonyl (C=O) groups is 2. The van der Waals surface area contributed by atoms with Gasteiger partial charge in [-0.15, -0.1) is 0 Å². The first-order chi connectivity index (χ1) is 22.2. The fourth-order valence-electron chi connectivity index (χ4n) is 7.57. The van der Waals surface area contributed by atoms with E-state index >= 15 is 0 Å². The lowest BCUT2D eigenvalue weighted by Crippen LogP contribution is -2.56. The van der Waals surface area contributed by atoms with Crippen molar-refractivity contribution in [1.29, 1.82) is 0 Å². The van der Waals surface area contributed by atoms with Gasteiger partial charge in [-0.25, -0.2) is 9.97 Å². The van der Waals surface area contributed by atoms with E-state index in [-0.39, 0.29) is 12.3 Å². The highest BCUT2D eigenvalue weighted by atomic mass is 16.5. The summed E-state index contributed by atoms with van der Waals surface area (Å²) >= 11 is 0. The van der Waals surface area contributed by atoms with Gasteiger partial charge >= 0.3 is 0 Å². The van der Waals surface area contributed by atoms with Crippen LogP contribution < -0.4 is 20.7 Å². The van der Waals surface area contributed by atoms with Crippen LogP contribution in [0.4, 0.5) is 5.69 Å². The summed E-state index contributed by atoms with van der Waals surface area (Å²) in [6.45, 7) is 5.79. The second-order valence-electron chi connectivity index (χ2n) is 13.4. The van der Waals surface area contributed by atoms with Crippen molar-refractivity contribution in [2.24, 2.45) is 5.92 Å². The molecule has 1 saturated carbocycles. The fourth-order valence-corrected chi connectivity index (χ4v) is 7.57. The van der Waals surface area contributed by atoms with Crippen molar-refractivity contribution in [3.05, 3.63) is 82.8 Å². The number of hydrogen-bond donors (Lipinski definition) is 4. The van der Waals surface area contributed by atoms with Gasteiger partial charge in [0, 0.05) is 17.7 Å². The lowest BCUT2D eigenvalue weighted by molar-refractivity contribution is -0.145. The minimum atomic E-state index is -1.50. The van der Waals surface area contributed by atoms with Gasteiger partial charge in [-0.1, -0.05) is 63.4 Å². The molecule has 4 atom stereocenters. The number of nitrogens with zero attached hydrogens (tertiary/aromatic N) is 2. The molecule has 1 aliphatic carbocycles. The summed E-state index contributed by atoms with van der Waals surface area (Å²) in [7, 11) is 0. The standard InChI is InChI=1S/C35H37N5O6/c1-18(2)26-31-40-27(30-36-19(3)17-44-30)28(46-31)35-21-9-5-6-10-23(21)38-33(35)45-25-12-11-20(15-22(25)35)16-24(29(41)39-26)37-32(42)34(43)13-7-4-8-14-34/h5-6,9-12,15,17-18,24,26,33,38,43H,4,7-8,13-14,16H2,1-3H3,(H,37,42)(H,39,41)/t24-,26-,33?,35?/m0/s1. The molecule has 238 valence electrons. The number of aromatic nitrogens is 2. The monoisotopic (exact) mass is 623 g/mol. The van der Waals surface area contributed by atoms with Gasteiger partial charge in [0.25, 0.3) is 5.91 Å². The van der Waals surface area contributed by atoms with Crippen molar-refractivity contribution in [1.82, 2.24) is 20.6 Å². The maximum absolute atomic E-state index is 14.1. The minimum Gasteiger partial charge on any atom is -0.469 e. The van der Waals surface area contributed by atoms with E-state index in [1.54, 1.807) is 6.26 Å². The number of oxazole rings is 2. The zero-order valence-corrected chi connectivity index (χ0v) is 26.1. The molecule has 2 aromatic heterocycles. The molecule has 11 nitrogen and oxygen atoms in total. The maximum atomic E-state index is 14.1. The average Bonchev–Trinajstić information content (AvgIpc) is 3.80. The van der Waals surface area contributed by atoms with E-state index in [0.29, 0.717) is 47.5 Å². The average molecular weight is 624 g/mol. The third-order valence-corrected chi connectivity index (χ3v) is 9.96. The molecule has 4 N–H and O–H groups in total. The molecule has 2 unspecified atom stereocenters. The number of fused-ring (bicyclic) bond motifs is 4. The summed E-state index contributed by atoms with van der Waals surface area (Å²) in [5.74, 6) is 0.733. The van der Waals surface area contributed by atoms with Crippen LogP contribution in [0.3, 0.4) is 0 Å². The third-order valence-electron chi connectivity index (χ3n) is 9.96. The summed E-state index contributed by atoms with van der Waals surface area (Å²) in [6, 6.07) is 12.3. The van der Waals surface area contributed by atoms with Crippen molar-refractivity contribution in [3.63, 3.8) is 0 Å². The van der Waals surface area contributed by atoms with Gasteiger partial charge in [0.05, 0.1) is 5.69 Å². The van der Waals surface area contributed by atoms with Gasteiger partial charge in [-0.05, 0) is 48.9 Å². The highest BCUT2D eigenvalue weighted by Gasteiger charge is 2.61. The summed E-state index contributed by atoms with van der Waals surface area (Å²) in [6.07, 6.45) is 4.46. The van der Waals surface area contributed by atoms with Crippen LogP contribution in [0.2, 0.25) is 0 Å². The zero-order valence-electron chi connectivity index (χ0n) is 26.1. The third kappa shape index (κ3) is 4.28. The van der Waals surface area contributed by atoms with Crippen LogP contribution in [0.15, 0.2) is 57.6 Å². The second kappa shape index (κ2) is 10.4. The normalized spacial score (nSPS) is 25.8. The summed E-state index contributed by atoms with van der Waals surface area (Å²) in [5.41, 5.74) is 2.18. The molecule has 11 heteroatoms. The van der Waals surface area contributed by atoms with Crippen LogP contribution in [-0.2, 0) is 21.4 Å². The molecule has 5 heterocycles. The van der Waals surface area contributed by atoms with Gasteiger partial charge in [0.2, 0.25) is 17.7 Å². The summed E-state index contributed by atoms with van der Waals surface area (Å²) in [4.78, 5) is 37.2. The second-order valence-corrected chi connectivity index (χ2v) is 13.4. The Bertz CT molecular complexity index is 1860. The quantitative estimate of drug-likeness (QED) is 0.254. The fraction of sp³-hybridized carbons (Fsp3) is 0.429. The van der Waals surface area contributed by atoms with Crippen LogP contribution in [0.25, 0.3) is 11.6 Å². The van der Waals surface area contributed by atoms with E-state index in [9.17, 15) is 14.7 Å². The van der Waals surface area contributed by atoms with E-state index in [1.807, 2.05) is 57.2 Å². The Labute approximate surface area is 266 Å². The largest absolute Gasteiger partial charge is 0.469 e. The molecule has 3 aliphatic heterocycles. The lowest BCUT2D eigenvalue weighted by Gasteiger charge is -2.33. The van der Waals surface area contributed by atoms with E-state index in [1.165, 1.54) is 0 Å². The van der Waals surface area contributed by atoms with Gasteiger partial charge in [-0.2, -0.15) is 0 Å². The Hall–Kier alpha value is -4.64. The number of aliphatic hydroxyl groups is 1. The molecule has 0 saturated heterocycles. The smallest absolute Gasteiger partial charge is 0.252 e. The molecule has 46 heavy (non-hydrogen) atoms. The van der Waals surface area contributed by atoms with Crippen molar-refractivity contribution in [2.45, 2.75) is 88.6 Å². The van der Waals surface area contributed by atoms with Crippen LogP contribution >= 0.6 is 0 Å². The molecule has 8 rings (SSSR count). The SMILES string of the molecule is Cc1coc(-c2nc3oc2C24c5ccccc5NC2Oc2ccc(cc24)C[C@H](NC(=O)C2(O)CCCCC2)C(=O)N[C@H]3C(C)C)n1. The molecule has 4 bridgehead atoms.